The molecule has 2 rings (SSSR count). The topological polar surface area (TPSA) is 36.4 Å². The van der Waals surface area contributed by atoms with Gasteiger partial charge in [0.05, 0.1) is 12.2 Å². The maximum absolute atomic E-state index is 4.27. The van der Waals surface area contributed by atoms with Crippen molar-refractivity contribution in [3.05, 3.63) is 28.7 Å². The van der Waals surface area contributed by atoms with Crippen LogP contribution in [0.3, 0.4) is 0 Å². The summed E-state index contributed by atoms with van der Waals surface area (Å²) in [5, 5.41) is 0.963. The summed E-state index contributed by atoms with van der Waals surface area (Å²) < 4.78 is 1.06. The van der Waals surface area contributed by atoms with Crippen LogP contribution in [0.25, 0.3) is 0 Å². The zero-order valence-corrected chi connectivity index (χ0v) is 9.86. The van der Waals surface area contributed by atoms with Gasteiger partial charge in [-0.1, -0.05) is 33.8 Å². The van der Waals surface area contributed by atoms with Gasteiger partial charge in [0.2, 0.25) is 0 Å². The molecule has 0 amide bonds. The van der Waals surface area contributed by atoms with E-state index in [0.717, 1.165) is 27.6 Å². The summed E-state index contributed by atoms with van der Waals surface area (Å²) in [5.74, 6) is 1.07. The number of rotatable bonds is 2. The molecule has 3 nitrogen and oxygen atoms in total. The van der Waals surface area contributed by atoms with Crippen LogP contribution < -0.4 is 10.9 Å². The van der Waals surface area contributed by atoms with Gasteiger partial charge in [0.15, 0.2) is 5.17 Å². The molecule has 1 aliphatic heterocycles. The minimum Gasteiger partial charge on any atom is -0.299 e. The van der Waals surface area contributed by atoms with E-state index in [1.807, 2.05) is 24.3 Å². The second kappa shape index (κ2) is 4.70. The summed E-state index contributed by atoms with van der Waals surface area (Å²) >= 11 is 5.14. The highest BCUT2D eigenvalue weighted by Crippen LogP contribution is 2.15. The number of hydrogen-bond donors (Lipinski definition) is 2. The van der Waals surface area contributed by atoms with Crippen LogP contribution in [-0.2, 0) is 0 Å². The van der Waals surface area contributed by atoms with E-state index in [-0.39, 0.29) is 0 Å². The predicted molar refractivity (Wildman–Crippen MR) is 65.7 cm³/mol. The predicted octanol–water partition coefficient (Wildman–Crippen LogP) is 2.47. The van der Waals surface area contributed by atoms with Crippen molar-refractivity contribution >= 4 is 38.5 Å². The molecule has 0 aliphatic carbocycles. The fourth-order valence-corrected chi connectivity index (χ4v) is 2.18. The molecule has 1 aliphatic rings. The van der Waals surface area contributed by atoms with Gasteiger partial charge in [-0.15, -0.1) is 0 Å². The van der Waals surface area contributed by atoms with E-state index in [4.69, 9.17) is 0 Å². The van der Waals surface area contributed by atoms with E-state index in [2.05, 4.69) is 31.8 Å². The number of aliphatic imine (C=N–C) groups is 1. The number of benzene rings is 1. The number of anilines is 1. The fraction of sp³-hybridized carbons (Fsp3) is 0.222. The van der Waals surface area contributed by atoms with Crippen molar-refractivity contribution in [1.82, 2.24) is 5.43 Å². The molecular weight excluding hydrogens is 262 g/mol. The van der Waals surface area contributed by atoms with E-state index < -0.39 is 0 Å². The Morgan fingerprint density at radius 3 is 3.00 bits per heavy atom. The quantitative estimate of drug-likeness (QED) is 0.812. The van der Waals surface area contributed by atoms with Gasteiger partial charge in [0.25, 0.3) is 0 Å². The smallest absolute Gasteiger partial charge is 0.175 e. The molecule has 0 bridgehead atoms. The van der Waals surface area contributed by atoms with Crippen molar-refractivity contribution in [2.45, 2.75) is 0 Å². The normalized spacial score (nSPS) is 15.1. The lowest BCUT2D eigenvalue weighted by Gasteiger charge is -2.08. The van der Waals surface area contributed by atoms with Gasteiger partial charge in [-0.3, -0.25) is 15.8 Å². The maximum atomic E-state index is 4.27. The first-order valence-corrected chi connectivity index (χ1v) is 6.07. The molecule has 1 aromatic rings. The first kappa shape index (κ1) is 9.86. The van der Waals surface area contributed by atoms with Gasteiger partial charge in [0, 0.05) is 10.2 Å². The van der Waals surface area contributed by atoms with Crippen molar-refractivity contribution in [2.75, 3.05) is 17.7 Å². The molecule has 0 saturated heterocycles. The molecule has 0 saturated carbocycles. The van der Waals surface area contributed by atoms with E-state index in [1.54, 1.807) is 11.8 Å². The third-order valence-corrected chi connectivity index (χ3v) is 3.11. The minimum atomic E-state index is 0.910. The molecule has 2 N–H and O–H groups in total. The standard InChI is InChI=1S/C9H10BrN3S/c10-7-2-1-3-8(6-7)12-13-9-11-4-5-14-9/h1-3,6,12H,4-5H2,(H,11,13). The van der Waals surface area contributed by atoms with Crippen molar-refractivity contribution in [3.8, 4) is 0 Å². The Hall–Kier alpha value is -0.680. The largest absolute Gasteiger partial charge is 0.299 e. The van der Waals surface area contributed by atoms with Gasteiger partial charge >= 0.3 is 0 Å². The Labute approximate surface area is 95.5 Å². The number of halogens is 1. The molecule has 1 aromatic carbocycles. The van der Waals surface area contributed by atoms with E-state index >= 15 is 0 Å². The molecular formula is C9H10BrN3S. The van der Waals surface area contributed by atoms with Crippen molar-refractivity contribution < 1.29 is 0 Å². The highest BCUT2D eigenvalue weighted by molar-refractivity contribution is 9.10. The molecule has 74 valence electrons. The summed E-state index contributed by atoms with van der Waals surface area (Å²) in [5.41, 5.74) is 7.19. The Kier molecular flexibility index (Phi) is 3.31. The zero-order valence-electron chi connectivity index (χ0n) is 7.46. The third-order valence-electron chi connectivity index (χ3n) is 1.72. The van der Waals surface area contributed by atoms with Crippen LogP contribution in [0, 0.1) is 0 Å². The van der Waals surface area contributed by atoms with Gasteiger partial charge in [-0.2, -0.15) is 0 Å². The molecule has 0 radical (unpaired) electrons. The highest BCUT2D eigenvalue weighted by atomic mass is 79.9. The number of hydrogen-bond acceptors (Lipinski definition) is 4. The van der Waals surface area contributed by atoms with Crippen LogP contribution in [0.2, 0.25) is 0 Å². The van der Waals surface area contributed by atoms with Crippen LogP contribution in [0.5, 0.6) is 0 Å². The van der Waals surface area contributed by atoms with E-state index in [9.17, 15) is 0 Å². The average Bonchev–Trinajstić information content (AvgIpc) is 2.67. The van der Waals surface area contributed by atoms with Crippen molar-refractivity contribution in [2.24, 2.45) is 4.99 Å². The summed E-state index contributed by atoms with van der Waals surface area (Å²) in [4.78, 5) is 4.27. The van der Waals surface area contributed by atoms with Crippen molar-refractivity contribution in [1.29, 1.82) is 0 Å². The lowest BCUT2D eigenvalue weighted by atomic mass is 10.3. The number of nitrogens with one attached hydrogen (secondary N) is 2. The fourth-order valence-electron chi connectivity index (χ4n) is 1.10. The van der Waals surface area contributed by atoms with Crippen LogP contribution >= 0.6 is 27.7 Å². The summed E-state index contributed by atoms with van der Waals surface area (Å²) in [7, 11) is 0. The van der Waals surface area contributed by atoms with Crippen LogP contribution in [0.1, 0.15) is 0 Å². The van der Waals surface area contributed by atoms with E-state index in [0.29, 0.717) is 0 Å². The maximum Gasteiger partial charge on any atom is 0.175 e. The molecule has 5 heteroatoms. The Bertz CT molecular complexity index is 354. The lowest BCUT2D eigenvalue weighted by molar-refractivity contribution is 1.10. The first-order chi connectivity index (χ1) is 6.84. The van der Waals surface area contributed by atoms with Gasteiger partial charge in [-0.25, -0.2) is 0 Å². The zero-order chi connectivity index (χ0) is 9.80. The third kappa shape index (κ3) is 2.65. The minimum absolute atomic E-state index is 0.910. The highest BCUT2D eigenvalue weighted by Gasteiger charge is 2.05. The number of hydrazine groups is 1. The first-order valence-electron chi connectivity index (χ1n) is 4.29. The molecule has 0 aromatic heterocycles. The average molecular weight is 272 g/mol. The van der Waals surface area contributed by atoms with Gasteiger partial charge in [-0.05, 0) is 18.2 Å². The number of amidine groups is 1. The van der Waals surface area contributed by atoms with Gasteiger partial charge in [0.1, 0.15) is 0 Å². The molecule has 0 unspecified atom stereocenters. The summed E-state index contributed by atoms with van der Waals surface area (Å²) in [6, 6.07) is 7.98. The van der Waals surface area contributed by atoms with Gasteiger partial charge < -0.3 is 0 Å². The number of nitrogens with zero attached hydrogens (tertiary/aromatic N) is 1. The Balaban J connectivity index is 1.91. The van der Waals surface area contributed by atoms with Crippen LogP contribution in [0.4, 0.5) is 5.69 Å². The lowest BCUT2D eigenvalue weighted by Crippen LogP contribution is -2.25. The van der Waals surface area contributed by atoms with Crippen LogP contribution in [-0.4, -0.2) is 17.5 Å². The van der Waals surface area contributed by atoms with Crippen molar-refractivity contribution in [3.63, 3.8) is 0 Å². The van der Waals surface area contributed by atoms with Crippen LogP contribution in [0.15, 0.2) is 33.7 Å². The molecule has 0 spiro atoms. The molecule has 0 fully saturated rings. The summed E-state index contributed by atoms with van der Waals surface area (Å²) in [6.07, 6.45) is 0. The summed E-state index contributed by atoms with van der Waals surface area (Å²) in [6.45, 7) is 0.910. The van der Waals surface area contributed by atoms with E-state index in [1.165, 1.54) is 0 Å². The molecule has 1 heterocycles. The monoisotopic (exact) mass is 271 g/mol. The molecule has 0 atom stereocenters. The SMILES string of the molecule is Brc1cccc(NNC2=NCCS2)c1. The second-order valence-electron chi connectivity index (χ2n) is 2.80. The Morgan fingerprint density at radius 1 is 1.36 bits per heavy atom. The Morgan fingerprint density at radius 2 is 2.29 bits per heavy atom. The second-order valence-corrected chi connectivity index (χ2v) is 4.79. The molecule has 14 heavy (non-hydrogen) atoms. The number of thioether (sulfide) groups is 1.